The molecule has 0 unspecified atom stereocenters. The van der Waals surface area contributed by atoms with Crippen molar-refractivity contribution in [2.45, 2.75) is 6.92 Å². The van der Waals surface area contributed by atoms with E-state index in [1.165, 1.54) is 18.0 Å². The number of hydrogen-bond donors (Lipinski definition) is 2. The zero-order chi connectivity index (χ0) is 19.1. The Balaban J connectivity index is 2.18. The third-order valence-electron chi connectivity index (χ3n) is 3.59. The third-order valence-corrected chi connectivity index (χ3v) is 3.83. The van der Waals surface area contributed by atoms with E-state index in [1.807, 2.05) is 6.07 Å². The molecule has 0 fully saturated rings. The summed E-state index contributed by atoms with van der Waals surface area (Å²) in [6.07, 6.45) is 0. The first-order valence-electron chi connectivity index (χ1n) is 8.10. The molecule has 0 aliphatic rings. The van der Waals surface area contributed by atoms with Crippen molar-refractivity contribution in [1.29, 1.82) is 0 Å². The zero-order valence-corrected chi connectivity index (χ0v) is 15.3. The average Bonchev–Trinajstić information content (AvgIpc) is 2.63. The van der Waals surface area contributed by atoms with Gasteiger partial charge in [-0.05, 0) is 25.1 Å². The Labute approximate surface area is 157 Å². The van der Waals surface area contributed by atoms with Gasteiger partial charge in [-0.25, -0.2) is 4.79 Å². The lowest BCUT2D eigenvalue weighted by Gasteiger charge is -2.18. The summed E-state index contributed by atoms with van der Waals surface area (Å²) in [6.45, 7) is 2.12. The summed E-state index contributed by atoms with van der Waals surface area (Å²) in [5.41, 5.74) is 1.12. The Bertz CT molecular complexity index is 809. The minimum atomic E-state index is -0.414. The number of amides is 3. The number of likely N-dealkylation sites (N-methyl/N-ethyl adjacent to an activating group) is 1. The number of urea groups is 1. The molecule has 2 aromatic carbocycles. The molecule has 0 aliphatic carbocycles. The lowest BCUT2D eigenvalue weighted by molar-refractivity contribution is -0.116. The third kappa shape index (κ3) is 5.07. The quantitative estimate of drug-likeness (QED) is 0.763. The average molecular weight is 374 g/mol. The van der Waals surface area contributed by atoms with Crippen LogP contribution >= 0.6 is 11.6 Å². The van der Waals surface area contributed by atoms with Crippen LogP contribution in [0.5, 0.6) is 0 Å². The lowest BCUT2D eigenvalue weighted by atomic mass is 10.0. The van der Waals surface area contributed by atoms with Gasteiger partial charge in [-0.2, -0.15) is 0 Å². The minimum absolute atomic E-state index is 0.145. The largest absolute Gasteiger partial charge is 0.338 e. The van der Waals surface area contributed by atoms with Crippen LogP contribution in [0.2, 0.25) is 5.02 Å². The highest BCUT2D eigenvalue weighted by Crippen LogP contribution is 2.23. The second-order valence-corrected chi connectivity index (χ2v) is 6.06. The molecule has 3 amide bonds. The number of anilines is 1. The number of rotatable bonds is 6. The molecule has 6 nitrogen and oxygen atoms in total. The number of benzene rings is 2. The second kappa shape index (κ2) is 9.01. The van der Waals surface area contributed by atoms with Gasteiger partial charge >= 0.3 is 6.03 Å². The molecule has 26 heavy (non-hydrogen) atoms. The normalized spacial score (nSPS) is 10.1. The zero-order valence-electron chi connectivity index (χ0n) is 14.6. The van der Waals surface area contributed by atoms with Crippen LogP contribution in [0.3, 0.4) is 0 Å². The number of hydrogen-bond acceptors (Lipinski definition) is 3. The first kappa shape index (κ1) is 19.5. The highest BCUT2D eigenvalue weighted by atomic mass is 35.5. The Morgan fingerprint density at radius 3 is 2.42 bits per heavy atom. The smallest absolute Gasteiger partial charge is 0.317 e. The van der Waals surface area contributed by atoms with Crippen LogP contribution in [0, 0.1) is 0 Å². The molecular weight excluding hydrogens is 354 g/mol. The Morgan fingerprint density at radius 1 is 1.08 bits per heavy atom. The molecule has 0 atom stereocenters. The van der Waals surface area contributed by atoms with Crippen molar-refractivity contribution in [3.63, 3.8) is 0 Å². The molecule has 2 N–H and O–H groups in total. The topological polar surface area (TPSA) is 78.5 Å². The van der Waals surface area contributed by atoms with E-state index < -0.39 is 5.91 Å². The molecule has 0 aliphatic heterocycles. The van der Waals surface area contributed by atoms with Crippen LogP contribution in [0.25, 0.3) is 0 Å². The van der Waals surface area contributed by atoms with E-state index in [0.29, 0.717) is 22.8 Å². The van der Waals surface area contributed by atoms with Gasteiger partial charge in [0, 0.05) is 29.7 Å². The summed E-state index contributed by atoms with van der Waals surface area (Å²) in [6, 6.07) is 13.0. The molecule has 0 heterocycles. The maximum absolute atomic E-state index is 12.7. The number of ketones is 1. The number of nitrogens with one attached hydrogen (secondary N) is 2. The van der Waals surface area contributed by atoms with E-state index >= 15 is 0 Å². The molecule has 0 radical (unpaired) electrons. The summed E-state index contributed by atoms with van der Waals surface area (Å²) >= 11 is 6.02. The Kier molecular flexibility index (Phi) is 6.74. The van der Waals surface area contributed by atoms with Gasteiger partial charge in [0.1, 0.15) is 6.54 Å². The van der Waals surface area contributed by atoms with Crippen LogP contribution in [0.1, 0.15) is 22.8 Å². The standard InChI is InChI=1S/C19H20ClN3O3/c1-3-21-19(26)23(2)12-17(24)22-16-10-9-14(20)11-15(16)18(25)13-7-5-4-6-8-13/h4-11H,3,12H2,1-2H3,(H,21,26)(H,22,24). The van der Waals surface area contributed by atoms with Gasteiger partial charge in [-0.15, -0.1) is 0 Å². The van der Waals surface area contributed by atoms with E-state index in [2.05, 4.69) is 10.6 Å². The van der Waals surface area contributed by atoms with Gasteiger partial charge in [-0.1, -0.05) is 41.9 Å². The molecule has 2 rings (SSSR count). The molecule has 2 aromatic rings. The van der Waals surface area contributed by atoms with E-state index in [1.54, 1.807) is 43.3 Å². The maximum atomic E-state index is 12.7. The summed E-state index contributed by atoms with van der Waals surface area (Å²) in [4.78, 5) is 37.9. The van der Waals surface area contributed by atoms with Crippen molar-refractivity contribution < 1.29 is 14.4 Å². The van der Waals surface area contributed by atoms with Gasteiger partial charge < -0.3 is 15.5 Å². The van der Waals surface area contributed by atoms with E-state index in [9.17, 15) is 14.4 Å². The number of nitrogens with zero attached hydrogens (tertiary/aromatic N) is 1. The van der Waals surface area contributed by atoms with Gasteiger partial charge in [0.15, 0.2) is 5.78 Å². The molecule has 0 aromatic heterocycles. The van der Waals surface area contributed by atoms with Crippen molar-refractivity contribution in [1.82, 2.24) is 10.2 Å². The monoisotopic (exact) mass is 373 g/mol. The van der Waals surface area contributed by atoms with Crippen molar-refractivity contribution in [3.8, 4) is 0 Å². The summed E-state index contributed by atoms with van der Waals surface area (Å²) < 4.78 is 0. The summed E-state index contributed by atoms with van der Waals surface area (Å²) in [5.74, 6) is -0.663. The summed E-state index contributed by atoms with van der Waals surface area (Å²) in [7, 11) is 1.52. The molecule has 0 saturated carbocycles. The Hall–Kier alpha value is -2.86. The number of carbonyl (C=O) groups excluding carboxylic acids is 3. The van der Waals surface area contributed by atoms with Crippen LogP contribution in [0.4, 0.5) is 10.5 Å². The van der Waals surface area contributed by atoms with Crippen LogP contribution in [-0.4, -0.2) is 42.8 Å². The summed E-state index contributed by atoms with van der Waals surface area (Å²) in [5, 5.41) is 5.68. The molecule has 0 bridgehead atoms. The molecule has 0 saturated heterocycles. The number of halogens is 1. The van der Waals surface area contributed by atoms with E-state index in [4.69, 9.17) is 11.6 Å². The number of carbonyl (C=O) groups is 3. The first-order valence-corrected chi connectivity index (χ1v) is 8.48. The van der Waals surface area contributed by atoms with Gasteiger partial charge in [0.05, 0.1) is 5.69 Å². The molecule has 0 spiro atoms. The highest BCUT2D eigenvalue weighted by molar-refractivity contribution is 6.31. The van der Waals surface area contributed by atoms with Crippen molar-refractivity contribution in [3.05, 3.63) is 64.7 Å². The maximum Gasteiger partial charge on any atom is 0.317 e. The van der Waals surface area contributed by atoms with Gasteiger partial charge in [0.25, 0.3) is 0 Å². The van der Waals surface area contributed by atoms with E-state index in [-0.39, 0.29) is 23.9 Å². The van der Waals surface area contributed by atoms with Crippen LogP contribution in [-0.2, 0) is 4.79 Å². The van der Waals surface area contributed by atoms with Crippen molar-refractivity contribution in [2.75, 3.05) is 25.5 Å². The van der Waals surface area contributed by atoms with Crippen LogP contribution in [0.15, 0.2) is 48.5 Å². The molecular formula is C19H20ClN3O3. The minimum Gasteiger partial charge on any atom is -0.338 e. The SMILES string of the molecule is CCNC(=O)N(C)CC(=O)Nc1ccc(Cl)cc1C(=O)c1ccccc1. The Morgan fingerprint density at radius 2 is 1.77 bits per heavy atom. The lowest BCUT2D eigenvalue weighted by Crippen LogP contribution is -2.41. The predicted octanol–water partition coefficient (Wildman–Crippen LogP) is 3.17. The first-order chi connectivity index (χ1) is 12.4. The van der Waals surface area contributed by atoms with E-state index in [0.717, 1.165) is 0 Å². The predicted molar refractivity (Wildman–Crippen MR) is 102 cm³/mol. The highest BCUT2D eigenvalue weighted by Gasteiger charge is 2.17. The fraction of sp³-hybridized carbons (Fsp3) is 0.211. The van der Waals surface area contributed by atoms with Gasteiger partial charge in [-0.3, -0.25) is 9.59 Å². The van der Waals surface area contributed by atoms with Crippen molar-refractivity contribution in [2.24, 2.45) is 0 Å². The second-order valence-electron chi connectivity index (χ2n) is 5.62. The van der Waals surface area contributed by atoms with Gasteiger partial charge in [0.2, 0.25) is 5.91 Å². The molecule has 136 valence electrons. The fourth-order valence-corrected chi connectivity index (χ4v) is 2.49. The molecule has 7 heteroatoms. The van der Waals surface area contributed by atoms with Crippen molar-refractivity contribution >= 4 is 35.0 Å². The fourth-order valence-electron chi connectivity index (χ4n) is 2.32. The van der Waals surface area contributed by atoms with Crippen LogP contribution < -0.4 is 10.6 Å².